The van der Waals surface area contributed by atoms with E-state index in [0.29, 0.717) is 18.4 Å². The number of hydrogen-bond acceptors (Lipinski definition) is 4. The molecule has 1 atom stereocenters. The summed E-state index contributed by atoms with van der Waals surface area (Å²) in [4.78, 5) is 24.4. The van der Waals surface area contributed by atoms with Gasteiger partial charge in [-0.3, -0.25) is 4.79 Å². The lowest BCUT2D eigenvalue weighted by atomic mass is 9.86. The Morgan fingerprint density at radius 1 is 1.35 bits per heavy atom. The first-order valence-corrected chi connectivity index (χ1v) is 7.55. The molecule has 1 fully saturated rings. The summed E-state index contributed by atoms with van der Waals surface area (Å²) in [7, 11) is 1.24. The van der Waals surface area contributed by atoms with Crippen molar-refractivity contribution >= 4 is 11.9 Å². The highest BCUT2D eigenvalue weighted by Crippen LogP contribution is 2.37. The lowest BCUT2D eigenvalue weighted by Crippen LogP contribution is -2.48. The largest absolute Gasteiger partial charge is 0.467 e. The number of nitriles is 1. The van der Waals surface area contributed by atoms with Crippen LogP contribution in [0.25, 0.3) is 0 Å². The van der Waals surface area contributed by atoms with Crippen LogP contribution in [-0.2, 0) is 20.7 Å². The number of hydrogen-bond donors (Lipinski definition) is 1. The molecule has 0 saturated heterocycles. The molecule has 0 spiro atoms. The van der Waals surface area contributed by atoms with Gasteiger partial charge in [-0.05, 0) is 30.5 Å². The van der Waals surface area contributed by atoms with Gasteiger partial charge in [0, 0.05) is 6.42 Å². The van der Waals surface area contributed by atoms with Crippen molar-refractivity contribution in [3.63, 3.8) is 0 Å². The van der Waals surface area contributed by atoms with Crippen LogP contribution in [0.15, 0.2) is 24.3 Å². The normalized spacial score (nSPS) is 17.1. The number of nitrogens with zero attached hydrogens (tertiary/aromatic N) is 1. The number of carbonyl (C=O) groups excluding carboxylic acids is 2. The second-order valence-electron chi connectivity index (χ2n) is 5.78. The smallest absolute Gasteiger partial charge is 0.328 e. The highest BCUT2D eigenvalue weighted by atomic mass is 19.1. The van der Waals surface area contributed by atoms with Crippen LogP contribution in [0.1, 0.15) is 31.2 Å². The van der Waals surface area contributed by atoms with Crippen LogP contribution in [-0.4, -0.2) is 25.0 Å². The van der Waals surface area contributed by atoms with Gasteiger partial charge in [0.05, 0.1) is 13.2 Å². The molecule has 0 heterocycles. The molecule has 1 aliphatic carbocycles. The van der Waals surface area contributed by atoms with E-state index in [9.17, 15) is 19.2 Å². The summed E-state index contributed by atoms with van der Waals surface area (Å²) < 4.78 is 17.7. The second kappa shape index (κ2) is 7.23. The standard InChI is InChI=1S/C17H19FN2O3/c1-23-15(21)14(10-12-4-6-13(18)7-5-12)20-16(22)17(11-19)8-2-3-9-17/h4-7,14H,2-3,8-10H2,1H3,(H,20,22)/t14-/m1/s1. The third-order valence-electron chi connectivity index (χ3n) is 4.25. The molecule has 1 aromatic carbocycles. The number of ether oxygens (including phenoxy) is 1. The third-order valence-corrected chi connectivity index (χ3v) is 4.25. The van der Waals surface area contributed by atoms with E-state index in [-0.39, 0.29) is 12.2 Å². The number of benzene rings is 1. The van der Waals surface area contributed by atoms with Gasteiger partial charge in [-0.1, -0.05) is 25.0 Å². The first kappa shape index (κ1) is 16.9. The number of halogens is 1. The highest BCUT2D eigenvalue weighted by Gasteiger charge is 2.42. The van der Waals surface area contributed by atoms with E-state index in [1.165, 1.54) is 19.2 Å². The fraction of sp³-hybridized carbons (Fsp3) is 0.471. The van der Waals surface area contributed by atoms with Gasteiger partial charge in [-0.25, -0.2) is 9.18 Å². The minimum Gasteiger partial charge on any atom is -0.467 e. The van der Waals surface area contributed by atoms with E-state index >= 15 is 0 Å². The Morgan fingerprint density at radius 3 is 2.48 bits per heavy atom. The number of carbonyl (C=O) groups is 2. The highest BCUT2D eigenvalue weighted by molar-refractivity contribution is 5.90. The zero-order valence-corrected chi connectivity index (χ0v) is 13.0. The SMILES string of the molecule is COC(=O)[C@@H](Cc1ccc(F)cc1)NC(=O)C1(C#N)CCCC1. The van der Waals surface area contributed by atoms with Crippen molar-refractivity contribution in [2.24, 2.45) is 5.41 Å². The van der Waals surface area contributed by atoms with E-state index in [1.54, 1.807) is 12.1 Å². The Kier molecular flexibility index (Phi) is 5.32. The van der Waals surface area contributed by atoms with Crippen molar-refractivity contribution in [3.05, 3.63) is 35.6 Å². The fourth-order valence-electron chi connectivity index (χ4n) is 2.86. The molecular formula is C17H19FN2O3. The van der Waals surface area contributed by atoms with Crippen molar-refractivity contribution in [3.8, 4) is 6.07 Å². The monoisotopic (exact) mass is 318 g/mol. The molecule has 0 radical (unpaired) electrons. The maximum atomic E-state index is 13.0. The van der Waals surface area contributed by atoms with Crippen LogP contribution in [0.4, 0.5) is 4.39 Å². The van der Waals surface area contributed by atoms with Crippen LogP contribution in [0.2, 0.25) is 0 Å². The first-order chi connectivity index (χ1) is 11.0. The summed E-state index contributed by atoms with van der Waals surface area (Å²) in [6.45, 7) is 0. The lowest BCUT2D eigenvalue weighted by molar-refractivity contribution is -0.146. The van der Waals surface area contributed by atoms with Crippen molar-refractivity contribution in [2.75, 3.05) is 7.11 Å². The van der Waals surface area contributed by atoms with Crippen LogP contribution >= 0.6 is 0 Å². The first-order valence-electron chi connectivity index (χ1n) is 7.55. The Balaban J connectivity index is 2.12. The minimum atomic E-state index is -1.06. The molecule has 1 saturated carbocycles. The van der Waals surface area contributed by atoms with Crippen molar-refractivity contribution in [1.82, 2.24) is 5.32 Å². The zero-order chi connectivity index (χ0) is 16.9. The molecule has 1 amide bonds. The minimum absolute atomic E-state index is 0.181. The van der Waals surface area contributed by atoms with Gasteiger partial charge in [0.15, 0.2) is 0 Å². The Labute approximate surface area is 134 Å². The van der Waals surface area contributed by atoms with Crippen molar-refractivity contribution < 1.29 is 18.7 Å². The Morgan fingerprint density at radius 2 is 1.96 bits per heavy atom. The lowest BCUT2D eigenvalue weighted by Gasteiger charge is -2.23. The molecule has 1 aliphatic rings. The van der Waals surface area contributed by atoms with Gasteiger partial charge in [-0.2, -0.15) is 5.26 Å². The fourth-order valence-corrected chi connectivity index (χ4v) is 2.86. The van der Waals surface area contributed by atoms with Gasteiger partial charge in [-0.15, -0.1) is 0 Å². The third kappa shape index (κ3) is 3.86. The van der Waals surface area contributed by atoms with Gasteiger partial charge in [0.2, 0.25) is 5.91 Å². The van der Waals surface area contributed by atoms with Crippen molar-refractivity contribution in [1.29, 1.82) is 5.26 Å². The van der Waals surface area contributed by atoms with E-state index in [4.69, 9.17) is 4.74 Å². The molecule has 0 bridgehead atoms. The molecule has 1 N–H and O–H groups in total. The quantitative estimate of drug-likeness (QED) is 0.843. The Bertz CT molecular complexity index is 616. The molecule has 122 valence electrons. The summed E-state index contributed by atoms with van der Waals surface area (Å²) in [6.07, 6.45) is 2.82. The molecule has 0 aromatic heterocycles. The van der Waals surface area contributed by atoms with Gasteiger partial charge < -0.3 is 10.1 Å². The predicted molar refractivity (Wildman–Crippen MR) is 80.6 cm³/mol. The maximum absolute atomic E-state index is 13.0. The second-order valence-corrected chi connectivity index (χ2v) is 5.78. The van der Waals surface area contributed by atoms with E-state index in [2.05, 4.69) is 11.4 Å². The van der Waals surface area contributed by atoms with Crippen molar-refractivity contribution in [2.45, 2.75) is 38.1 Å². The number of nitrogens with one attached hydrogen (secondary N) is 1. The van der Waals surface area contributed by atoms with E-state index in [1.807, 2.05) is 0 Å². The van der Waals surface area contributed by atoms with Gasteiger partial charge >= 0.3 is 5.97 Å². The molecule has 1 aromatic rings. The number of methoxy groups -OCH3 is 1. The molecule has 6 heteroatoms. The molecule has 2 rings (SSSR count). The predicted octanol–water partition coefficient (Wildman–Crippen LogP) is 2.11. The summed E-state index contributed by atoms with van der Waals surface area (Å²) in [5.74, 6) is -1.40. The Hall–Kier alpha value is -2.42. The number of amides is 1. The molecule has 5 nitrogen and oxygen atoms in total. The van der Waals surface area contributed by atoms with Gasteiger partial charge in [0.25, 0.3) is 0 Å². The summed E-state index contributed by atoms with van der Waals surface area (Å²) in [6, 6.07) is 6.88. The molecular weight excluding hydrogens is 299 g/mol. The zero-order valence-electron chi connectivity index (χ0n) is 13.0. The average Bonchev–Trinajstić information content (AvgIpc) is 3.05. The van der Waals surface area contributed by atoms with Crippen LogP contribution in [0.5, 0.6) is 0 Å². The molecule has 0 aliphatic heterocycles. The van der Waals surface area contributed by atoms with Crippen LogP contribution < -0.4 is 5.32 Å². The van der Waals surface area contributed by atoms with E-state index < -0.39 is 23.3 Å². The molecule has 23 heavy (non-hydrogen) atoms. The molecule has 0 unspecified atom stereocenters. The topological polar surface area (TPSA) is 79.2 Å². The summed E-state index contributed by atoms with van der Waals surface area (Å²) in [5, 5.41) is 12.0. The van der Waals surface area contributed by atoms with E-state index in [0.717, 1.165) is 12.8 Å². The summed E-state index contributed by atoms with van der Waals surface area (Å²) >= 11 is 0. The van der Waals surface area contributed by atoms with Crippen LogP contribution in [0, 0.1) is 22.6 Å². The summed E-state index contributed by atoms with van der Waals surface area (Å²) in [5.41, 5.74) is -0.366. The average molecular weight is 318 g/mol. The van der Waals surface area contributed by atoms with Gasteiger partial charge in [0.1, 0.15) is 17.3 Å². The van der Waals surface area contributed by atoms with Crippen LogP contribution in [0.3, 0.4) is 0 Å². The number of rotatable bonds is 5. The number of esters is 1. The maximum Gasteiger partial charge on any atom is 0.328 e.